The van der Waals surface area contributed by atoms with E-state index >= 15 is 0 Å². The van der Waals surface area contributed by atoms with Crippen molar-refractivity contribution in [2.45, 2.75) is 31.1 Å². The molecule has 5 heterocycles. The Labute approximate surface area is 169 Å². The SMILES string of the molecule is C[C@@H]1COCCN1c1cc([C@@H]2CCCS2(=N)=O)nc(-c2cncc3[nH]ccc23)n1. The van der Waals surface area contributed by atoms with Gasteiger partial charge in [0.1, 0.15) is 5.82 Å². The molecule has 0 amide bonds. The maximum absolute atomic E-state index is 12.8. The molecule has 0 spiro atoms. The minimum atomic E-state index is -2.69. The first-order chi connectivity index (χ1) is 14.0. The van der Waals surface area contributed by atoms with Crippen molar-refractivity contribution in [1.29, 1.82) is 4.78 Å². The lowest BCUT2D eigenvalue weighted by molar-refractivity contribution is 0.0985. The lowest BCUT2D eigenvalue weighted by atomic mass is 10.1. The van der Waals surface area contributed by atoms with Gasteiger partial charge < -0.3 is 14.6 Å². The molecule has 29 heavy (non-hydrogen) atoms. The van der Waals surface area contributed by atoms with Crippen molar-refractivity contribution in [2.75, 3.05) is 30.4 Å². The highest BCUT2D eigenvalue weighted by atomic mass is 32.2. The average Bonchev–Trinajstić information content (AvgIpc) is 3.33. The number of nitrogens with one attached hydrogen (secondary N) is 2. The van der Waals surface area contributed by atoms with E-state index in [0.717, 1.165) is 41.7 Å². The van der Waals surface area contributed by atoms with Crippen molar-refractivity contribution < 1.29 is 8.95 Å². The van der Waals surface area contributed by atoms with E-state index < -0.39 is 9.73 Å². The third-order valence-corrected chi connectivity index (χ3v) is 8.11. The van der Waals surface area contributed by atoms with E-state index in [9.17, 15) is 4.21 Å². The van der Waals surface area contributed by atoms with Crippen LogP contribution in [0, 0.1) is 4.78 Å². The third kappa shape index (κ3) is 3.28. The van der Waals surface area contributed by atoms with Crippen molar-refractivity contribution in [1.82, 2.24) is 19.9 Å². The molecule has 3 aromatic heterocycles. The van der Waals surface area contributed by atoms with Crippen LogP contribution in [0.15, 0.2) is 30.7 Å². The van der Waals surface area contributed by atoms with Crippen LogP contribution in [0.2, 0.25) is 0 Å². The number of fused-ring (bicyclic) bond motifs is 1. The van der Waals surface area contributed by atoms with Gasteiger partial charge in [0.05, 0.1) is 51.6 Å². The summed E-state index contributed by atoms with van der Waals surface area (Å²) in [7, 11) is -2.69. The summed E-state index contributed by atoms with van der Waals surface area (Å²) in [5, 5.41) is 0.647. The first kappa shape index (κ1) is 18.5. The van der Waals surface area contributed by atoms with Gasteiger partial charge in [-0.1, -0.05) is 0 Å². The summed E-state index contributed by atoms with van der Waals surface area (Å²) in [4.78, 5) is 19.4. The zero-order chi connectivity index (χ0) is 20.0. The van der Waals surface area contributed by atoms with Crippen LogP contribution >= 0.6 is 0 Å². The van der Waals surface area contributed by atoms with Gasteiger partial charge in [-0.2, -0.15) is 0 Å². The van der Waals surface area contributed by atoms with Crippen LogP contribution in [0.5, 0.6) is 0 Å². The molecule has 5 rings (SSSR count). The minimum absolute atomic E-state index is 0.185. The third-order valence-electron chi connectivity index (χ3n) is 5.82. The molecule has 152 valence electrons. The molecular weight excluding hydrogens is 388 g/mol. The molecule has 0 radical (unpaired) electrons. The summed E-state index contributed by atoms with van der Waals surface area (Å²) in [5.74, 6) is 1.81. The van der Waals surface area contributed by atoms with Gasteiger partial charge in [-0.25, -0.2) is 14.2 Å². The number of morpholine rings is 1. The van der Waals surface area contributed by atoms with Gasteiger partial charge in [0.15, 0.2) is 5.82 Å². The van der Waals surface area contributed by atoms with Crippen LogP contribution in [0.1, 0.15) is 30.7 Å². The largest absolute Gasteiger partial charge is 0.377 e. The fraction of sp³-hybridized carbons (Fsp3) is 0.450. The van der Waals surface area contributed by atoms with E-state index in [1.54, 1.807) is 12.4 Å². The summed E-state index contributed by atoms with van der Waals surface area (Å²) < 4.78 is 26.8. The van der Waals surface area contributed by atoms with E-state index in [4.69, 9.17) is 19.5 Å². The van der Waals surface area contributed by atoms with E-state index in [0.29, 0.717) is 30.5 Å². The molecule has 0 saturated carbocycles. The zero-order valence-corrected chi connectivity index (χ0v) is 17.1. The summed E-state index contributed by atoms with van der Waals surface area (Å²) in [5.41, 5.74) is 2.46. The van der Waals surface area contributed by atoms with Crippen molar-refractivity contribution in [2.24, 2.45) is 0 Å². The Morgan fingerprint density at radius 2 is 2.24 bits per heavy atom. The molecule has 8 nitrogen and oxygen atoms in total. The number of hydrogen-bond donors (Lipinski definition) is 2. The highest BCUT2D eigenvalue weighted by Gasteiger charge is 2.32. The number of pyridine rings is 1. The number of aromatic nitrogens is 4. The number of rotatable bonds is 3. The highest BCUT2D eigenvalue weighted by Crippen LogP contribution is 2.37. The Morgan fingerprint density at radius 3 is 3.03 bits per heavy atom. The summed E-state index contributed by atoms with van der Waals surface area (Å²) in [6.07, 6.45) is 6.95. The smallest absolute Gasteiger partial charge is 0.164 e. The molecule has 2 aliphatic heterocycles. The number of hydrogen-bond acceptors (Lipinski definition) is 7. The highest BCUT2D eigenvalue weighted by molar-refractivity contribution is 7.92. The quantitative estimate of drug-likeness (QED) is 0.684. The summed E-state index contributed by atoms with van der Waals surface area (Å²) in [6.45, 7) is 4.14. The molecule has 3 aromatic rings. The molecule has 2 saturated heterocycles. The number of aromatic amines is 1. The standard InChI is InChI=1S/C20H24N6O2S/c1-13-12-28-7-6-26(13)19-9-16(18-3-2-8-29(18,21)27)24-20(25-19)15-10-22-11-17-14(15)4-5-23-17/h4-5,9-11,13,18,21,23H,2-3,6-8,12H2,1H3/t13-,18+,29?/m1/s1. The van der Waals surface area contributed by atoms with E-state index in [1.165, 1.54) is 0 Å². The first-order valence-corrected chi connectivity index (χ1v) is 11.7. The minimum Gasteiger partial charge on any atom is -0.377 e. The second-order valence-electron chi connectivity index (χ2n) is 7.78. The number of anilines is 1. The fourth-order valence-corrected chi connectivity index (χ4v) is 6.21. The predicted octanol–water partition coefficient (Wildman–Crippen LogP) is 3.13. The van der Waals surface area contributed by atoms with Crippen LogP contribution in [0.4, 0.5) is 5.82 Å². The average molecular weight is 413 g/mol. The Morgan fingerprint density at radius 1 is 1.34 bits per heavy atom. The maximum atomic E-state index is 12.8. The second-order valence-corrected chi connectivity index (χ2v) is 10.2. The van der Waals surface area contributed by atoms with Crippen molar-refractivity contribution in [3.63, 3.8) is 0 Å². The maximum Gasteiger partial charge on any atom is 0.164 e. The van der Waals surface area contributed by atoms with Crippen LogP contribution in [-0.4, -0.2) is 55.7 Å². The topological polar surface area (TPSA) is 108 Å². The van der Waals surface area contributed by atoms with Crippen LogP contribution < -0.4 is 4.90 Å². The monoisotopic (exact) mass is 412 g/mol. The molecule has 2 aliphatic rings. The van der Waals surface area contributed by atoms with E-state index in [1.807, 2.05) is 18.3 Å². The summed E-state index contributed by atoms with van der Waals surface area (Å²) in [6, 6.07) is 4.10. The van der Waals surface area contributed by atoms with Gasteiger partial charge >= 0.3 is 0 Å². The molecule has 3 atom stereocenters. The Balaban J connectivity index is 1.69. The van der Waals surface area contributed by atoms with Gasteiger partial charge in [0.25, 0.3) is 0 Å². The van der Waals surface area contributed by atoms with Crippen molar-refractivity contribution in [3.8, 4) is 11.4 Å². The molecule has 9 heteroatoms. The molecule has 0 aliphatic carbocycles. The zero-order valence-electron chi connectivity index (χ0n) is 16.3. The lowest BCUT2D eigenvalue weighted by Gasteiger charge is -2.34. The molecule has 1 unspecified atom stereocenters. The Hall–Kier alpha value is -2.52. The normalized spacial score (nSPS) is 27.6. The molecule has 0 bridgehead atoms. The van der Waals surface area contributed by atoms with Gasteiger partial charge in [0, 0.05) is 41.7 Å². The van der Waals surface area contributed by atoms with E-state index in [-0.39, 0.29) is 11.3 Å². The number of H-pyrrole nitrogens is 1. The fourth-order valence-electron chi connectivity index (χ4n) is 4.27. The van der Waals surface area contributed by atoms with Gasteiger partial charge in [-0.05, 0) is 25.8 Å². The van der Waals surface area contributed by atoms with Gasteiger partial charge in [-0.15, -0.1) is 0 Å². The van der Waals surface area contributed by atoms with E-state index in [2.05, 4.69) is 21.8 Å². The van der Waals surface area contributed by atoms with Crippen molar-refractivity contribution >= 4 is 26.4 Å². The predicted molar refractivity (Wildman–Crippen MR) is 112 cm³/mol. The van der Waals surface area contributed by atoms with Crippen LogP contribution in [0.25, 0.3) is 22.3 Å². The molecule has 2 fully saturated rings. The lowest BCUT2D eigenvalue weighted by Crippen LogP contribution is -2.44. The Bertz CT molecular complexity index is 1160. The first-order valence-electron chi connectivity index (χ1n) is 9.93. The second kappa shape index (κ2) is 7.07. The van der Waals surface area contributed by atoms with Crippen molar-refractivity contribution in [3.05, 3.63) is 36.4 Å². The molecule has 0 aromatic carbocycles. The summed E-state index contributed by atoms with van der Waals surface area (Å²) >= 11 is 0. The van der Waals surface area contributed by atoms with Gasteiger partial charge in [0.2, 0.25) is 0 Å². The van der Waals surface area contributed by atoms with Crippen LogP contribution in [-0.2, 0) is 14.5 Å². The molecule has 2 N–H and O–H groups in total. The number of nitrogens with zero attached hydrogens (tertiary/aromatic N) is 4. The van der Waals surface area contributed by atoms with Crippen LogP contribution in [0.3, 0.4) is 0 Å². The Kier molecular flexibility index (Phi) is 4.51. The molecular formula is C20H24N6O2S. The van der Waals surface area contributed by atoms with Gasteiger partial charge in [-0.3, -0.25) is 9.76 Å². The number of ether oxygens (including phenoxy) is 1.